The van der Waals surface area contributed by atoms with Crippen LogP contribution in [0.4, 0.5) is 0 Å². The molecule has 1 amide bonds. The highest BCUT2D eigenvalue weighted by atomic mass is 16.1. The lowest BCUT2D eigenvalue weighted by Gasteiger charge is -2.06. The highest BCUT2D eigenvalue weighted by Gasteiger charge is 2.09. The maximum absolute atomic E-state index is 11.0. The number of amides is 1. The Morgan fingerprint density at radius 2 is 2.07 bits per heavy atom. The predicted octanol–water partition coefficient (Wildman–Crippen LogP) is 2.60. The van der Waals surface area contributed by atoms with Crippen LogP contribution in [-0.4, -0.2) is 5.91 Å². The van der Waals surface area contributed by atoms with Gasteiger partial charge >= 0.3 is 0 Å². The van der Waals surface area contributed by atoms with E-state index in [0.29, 0.717) is 0 Å². The predicted molar refractivity (Wildman–Crippen MR) is 63.1 cm³/mol. The minimum absolute atomic E-state index is 0.0371. The van der Waals surface area contributed by atoms with Crippen molar-refractivity contribution in [3.63, 3.8) is 0 Å². The first kappa shape index (κ1) is 11.5. The van der Waals surface area contributed by atoms with Gasteiger partial charge in [-0.2, -0.15) is 0 Å². The van der Waals surface area contributed by atoms with Crippen molar-refractivity contribution >= 4 is 12.0 Å². The van der Waals surface area contributed by atoms with Crippen LogP contribution in [0.15, 0.2) is 36.4 Å². The number of hydrogen-bond donors (Lipinski definition) is 1. The van der Waals surface area contributed by atoms with Gasteiger partial charge in [-0.1, -0.05) is 49.4 Å². The molecule has 0 spiro atoms. The van der Waals surface area contributed by atoms with Gasteiger partial charge in [-0.3, -0.25) is 4.79 Å². The molecule has 2 N–H and O–H groups in total. The Labute approximate surface area is 90.8 Å². The fourth-order valence-corrected chi connectivity index (χ4v) is 1.42. The van der Waals surface area contributed by atoms with E-state index in [1.165, 1.54) is 0 Å². The molecule has 0 fully saturated rings. The zero-order valence-corrected chi connectivity index (χ0v) is 9.02. The summed E-state index contributed by atoms with van der Waals surface area (Å²) in [5.74, 6) is -0.250. The van der Waals surface area contributed by atoms with Crippen molar-refractivity contribution in [3.05, 3.63) is 42.0 Å². The number of carbonyl (C=O) groups excluding carboxylic acids is 1. The molecule has 1 rings (SSSR count). The van der Waals surface area contributed by atoms with Crippen LogP contribution < -0.4 is 5.73 Å². The van der Waals surface area contributed by atoms with Gasteiger partial charge in [-0.15, -0.1) is 0 Å². The van der Waals surface area contributed by atoms with E-state index in [1.807, 2.05) is 49.4 Å². The number of allylic oxidation sites excluding steroid dienone is 1. The second kappa shape index (κ2) is 6.02. The van der Waals surface area contributed by atoms with E-state index in [9.17, 15) is 4.79 Å². The number of hydrogen-bond acceptors (Lipinski definition) is 1. The van der Waals surface area contributed by atoms with Gasteiger partial charge in [0.1, 0.15) is 0 Å². The molecular formula is C13H17NO. The zero-order chi connectivity index (χ0) is 11.1. The summed E-state index contributed by atoms with van der Waals surface area (Å²) in [6, 6.07) is 10.0. The lowest BCUT2D eigenvalue weighted by Crippen LogP contribution is -2.21. The average Bonchev–Trinajstić information content (AvgIpc) is 2.25. The molecule has 80 valence electrons. The molecule has 1 unspecified atom stereocenters. The normalized spacial score (nSPS) is 12.9. The lowest BCUT2D eigenvalue weighted by molar-refractivity contribution is -0.121. The minimum atomic E-state index is -0.213. The molecule has 0 aliphatic rings. The Kier molecular flexibility index (Phi) is 4.61. The van der Waals surface area contributed by atoms with Gasteiger partial charge in [-0.25, -0.2) is 0 Å². The lowest BCUT2D eigenvalue weighted by atomic mass is 10.0. The van der Waals surface area contributed by atoms with E-state index < -0.39 is 0 Å². The van der Waals surface area contributed by atoms with E-state index in [0.717, 1.165) is 18.4 Å². The fourth-order valence-electron chi connectivity index (χ4n) is 1.42. The molecule has 0 saturated heterocycles. The quantitative estimate of drug-likeness (QED) is 0.785. The van der Waals surface area contributed by atoms with Crippen LogP contribution in [0.1, 0.15) is 25.3 Å². The Balaban J connectivity index is 2.49. The third-order valence-corrected chi connectivity index (χ3v) is 2.43. The van der Waals surface area contributed by atoms with Crippen LogP contribution in [-0.2, 0) is 4.79 Å². The largest absolute Gasteiger partial charge is 0.369 e. The Hall–Kier alpha value is -1.57. The van der Waals surface area contributed by atoms with Crippen molar-refractivity contribution in [2.75, 3.05) is 0 Å². The summed E-state index contributed by atoms with van der Waals surface area (Å²) in [4.78, 5) is 11.0. The molecule has 0 heterocycles. The molecule has 0 aliphatic heterocycles. The number of carbonyl (C=O) groups is 1. The van der Waals surface area contributed by atoms with E-state index >= 15 is 0 Å². The smallest absolute Gasteiger partial charge is 0.220 e. The number of primary amides is 1. The van der Waals surface area contributed by atoms with Crippen LogP contribution in [0.5, 0.6) is 0 Å². The Morgan fingerprint density at radius 1 is 1.40 bits per heavy atom. The molecule has 1 aromatic carbocycles. The van der Waals surface area contributed by atoms with E-state index in [2.05, 4.69) is 0 Å². The highest BCUT2D eigenvalue weighted by molar-refractivity contribution is 5.76. The molecule has 0 aliphatic carbocycles. The summed E-state index contributed by atoms with van der Waals surface area (Å²) < 4.78 is 0. The number of benzene rings is 1. The van der Waals surface area contributed by atoms with E-state index in [1.54, 1.807) is 0 Å². The third-order valence-electron chi connectivity index (χ3n) is 2.43. The molecule has 0 bridgehead atoms. The van der Waals surface area contributed by atoms with E-state index in [4.69, 9.17) is 5.73 Å². The SMILES string of the molecule is CCC(CC=Cc1ccccc1)C(N)=O. The van der Waals surface area contributed by atoms with Gasteiger partial charge in [0.05, 0.1) is 0 Å². The van der Waals surface area contributed by atoms with Gasteiger partial charge in [0.2, 0.25) is 5.91 Å². The summed E-state index contributed by atoms with van der Waals surface area (Å²) in [5.41, 5.74) is 6.40. The topological polar surface area (TPSA) is 43.1 Å². The second-order valence-electron chi connectivity index (χ2n) is 3.56. The van der Waals surface area contributed by atoms with Gasteiger partial charge in [0.25, 0.3) is 0 Å². The number of rotatable bonds is 5. The van der Waals surface area contributed by atoms with Crippen LogP contribution in [0.2, 0.25) is 0 Å². The summed E-state index contributed by atoms with van der Waals surface area (Å²) in [6.07, 6.45) is 5.55. The van der Waals surface area contributed by atoms with Gasteiger partial charge in [0, 0.05) is 5.92 Å². The van der Waals surface area contributed by atoms with Crippen molar-refractivity contribution in [1.29, 1.82) is 0 Å². The monoisotopic (exact) mass is 203 g/mol. The van der Waals surface area contributed by atoms with Crippen molar-refractivity contribution < 1.29 is 4.79 Å². The fraction of sp³-hybridized carbons (Fsp3) is 0.308. The summed E-state index contributed by atoms with van der Waals surface area (Å²) in [7, 11) is 0. The molecule has 1 atom stereocenters. The van der Waals surface area contributed by atoms with Crippen LogP contribution in [0.25, 0.3) is 6.08 Å². The molecule has 0 aromatic heterocycles. The second-order valence-corrected chi connectivity index (χ2v) is 3.56. The van der Waals surface area contributed by atoms with Crippen LogP contribution in [0.3, 0.4) is 0 Å². The Morgan fingerprint density at radius 3 is 2.60 bits per heavy atom. The molecule has 1 aromatic rings. The zero-order valence-electron chi connectivity index (χ0n) is 9.02. The van der Waals surface area contributed by atoms with Gasteiger partial charge in [-0.05, 0) is 18.4 Å². The number of nitrogens with two attached hydrogens (primary N) is 1. The Bertz CT molecular complexity index is 330. The highest BCUT2D eigenvalue weighted by Crippen LogP contribution is 2.10. The molecule has 2 nitrogen and oxygen atoms in total. The van der Waals surface area contributed by atoms with Crippen molar-refractivity contribution in [2.45, 2.75) is 19.8 Å². The standard InChI is InChI=1S/C13H17NO/c1-2-12(13(14)15)10-6-9-11-7-4-3-5-8-11/h3-9,12H,2,10H2,1H3,(H2,14,15). The van der Waals surface area contributed by atoms with Gasteiger partial charge in [0.15, 0.2) is 0 Å². The molecule has 0 saturated carbocycles. The van der Waals surface area contributed by atoms with Crippen molar-refractivity contribution in [1.82, 2.24) is 0 Å². The summed E-state index contributed by atoms with van der Waals surface area (Å²) >= 11 is 0. The molecular weight excluding hydrogens is 186 g/mol. The van der Waals surface area contributed by atoms with Crippen molar-refractivity contribution in [2.24, 2.45) is 11.7 Å². The minimum Gasteiger partial charge on any atom is -0.369 e. The molecule has 15 heavy (non-hydrogen) atoms. The maximum atomic E-state index is 11.0. The van der Waals surface area contributed by atoms with Gasteiger partial charge < -0.3 is 5.73 Å². The maximum Gasteiger partial charge on any atom is 0.220 e. The molecule has 2 heteroatoms. The first-order chi connectivity index (χ1) is 7.24. The van der Waals surface area contributed by atoms with Crippen molar-refractivity contribution in [3.8, 4) is 0 Å². The van der Waals surface area contributed by atoms with Crippen LogP contribution in [0, 0.1) is 5.92 Å². The first-order valence-electron chi connectivity index (χ1n) is 5.25. The molecule has 0 radical (unpaired) electrons. The van der Waals surface area contributed by atoms with E-state index in [-0.39, 0.29) is 11.8 Å². The average molecular weight is 203 g/mol. The third kappa shape index (κ3) is 3.98. The summed E-state index contributed by atoms with van der Waals surface area (Å²) in [6.45, 7) is 1.98. The summed E-state index contributed by atoms with van der Waals surface area (Å²) in [5, 5.41) is 0. The van der Waals surface area contributed by atoms with Crippen LogP contribution >= 0.6 is 0 Å². The first-order valence-corrected chi connectivity index (χ1v) is 5.25.